The molecule has 0 saturated heterocycles. The third kappa shape index (κ3) is 4.23. The highest BCUT2D eigenvalue weighted by Crippen LogP contribution is 2.30. The molecule has 2 rings (SSSR count). The number of carboxylic acids is 1. The second kappa shape index (κ2) is 7.46. The van der Waals surface area contributed by atoms with E-state index in [0.29, 0.717) is 11.5 Å². The van der Waals surface area contributed by atoms with E-state index in [4.69, 9.17) is 14.6 Å². The van der Waals surface area contributed by atoms with E-state index < -0.39 is 11.9 Å². The molecule has 2 aromatic carbocycles. The summed E-state index contributed by atoms with van der Waals surface area (Å²) in [4.78, 5) is 22.0. The maximum atomic E-state index is 11.1. The van der Waals surface area contributed by atoms with E-state index in [1.165, 1.54) is 14.0 Å². The van der Waals surface area contributed by atoms with Gasteiger partial charge >= 0.3 is 11.9 Å². The van der Waals surface area contributed by atoms with Gasteiger partial charge in [-0.15, -0.1) is 0 Å². The fourth-order valence-corrected chi connectivity index (χ4v) is 2.22. The van der Waals surface area contributed by atoms with Crippen LogP contribution in [0.1, 0.15) is 35.3 Å². The van der Waals surface area contributed by atoms with Gasteiger partial charge in [0.25, 0.3) is 0 Å². The zero-order valence-electron chi connectivity index (χ0n) is 13.7. The van der Waals surface area contributed by atoms with E-state index >= 15 is 0 Å². The normalized spacial score (nSPS) is 11.0. The first-order valence-corrected chi connectivity index (χ1v) is 7.29. The van der Waals surface area contributed by atoms with Crippen molar-refractivity contribution in [3.63, 3.8) is 0 Å². The van der Waals surface area contributed by atoms with E-state index in [9.17, 15) is 9.59 Å². The van der Waals surface area contributed by atoms with Crippen molar-refractivity contribution in [2.75, 3.05) is 7.11 Å². The lowest BCUT2D eigenvalue weighted by atomic mass is 10.0. The lowest BCUT2D eigenvalue weighted by molar-refractivity contribution is -0.132. The Balaban J connectivity index is 2.29. The predicted octanol–water partition coefficient (Wildman–Crippen LogP) is 3.88. The predicted molar refractivity (Wildman–Crippen MR) is 91.2 cm³/mol. The van der Waals surface area contributed by atoms with Gasteiger partial charge in [-0.05, 0) is 47.9 Å². The second-order valence-electron chi connectivity index (χ2n) is 5.21. The van der Waals surface area contributed by atoms with Gasteiger partial charge in [0.2, 0.25) is 0 Å². The van der Waals surface area contributed by atoms with E-state index in [1.54, 1.807) is 36.4 Å². The molecule has 0 aliphatic rings. The zero-order valence-corrected chi connectivity index (χ0v) is 13.7. The van der Waals surface area contributed by atoms with Crippen molar-refractivity contribution in [2.45, 2.75) is 13.8 Å². The zero-order chi connectivity index (χ0) is 17.7. The Morgan fingerprint density at radius 2 is 1.58 bits per heavy atom. The van der Waals surface area contributed by atoms with Gasteiger partial charge < -0.3 is 14.6 Å². The molecular formula is C19H18O5. The van der Waals surface area contributed by atoms with Gasteiger partial charge in [-0.2, -0.15) is 0 Å². The molecule has 0 aromatic heterocycles. The molecule has 0 aliphatic carbocycles. The molecule has 0 atom stereocenters. The smallest absolute Gasteiger partial charge is 0.335 e. The Morgan fingerprint density at radius 3 is 2.12 bits per heavy atom. The van der Waals surface area contributed by atoms with Crippen LogP contribution in [0.2, 0.25) is 0 Å². The molecule has 0 spiro atoms. The van der Waals surface area contributed by atoms with Gasteiger partial charge in [0.1, 0.15) is 0 Å². The first kappa shape index (κ1) is 17.3. The highest BCUT2D eigenvalue weighted by molar-refractivity contribution is 5.89. The number of hydrogen-bond donors (Lipinski definition) is 1. The van der Waals surface area contributed by atoms with Crippen molar-refractivity contribution in [1.29, 1.82) is 0 Å². The molecule has 1 N–H and O–H groups in total. The van der Waals surface area contributed by atoms with Crippen LogP contribution in [0, 0.1) is 0 Å². The molecule has 24 heavy (non-hydrogen) atoms. The molecule has 0 radical (unpaired) electrons. The number of esters is 1. The van der Waals surface area contributed by atoms with Crippen LogP contribution in [0.4, 0.5) is 0 Å². The van der Waals surface area contributed by atoms with Crippen LogP contribution in [-0.2, 0) is 4.79 Å². The number of methoxy groups -OCH3 is 1. The fourth-order valence-electron chi connectivity index (χ4n) is 2.22. The monoisotopic (exact) mass is 326 g/mol. The Morgan fingerprint density at radius 1 is 0.958 bits per heavy atom. The van der Waals surface area contributed by atoms with Crippen LogP contribution in [0.3, 0.4) is 0 Å². The average molecular weight is 326 g/mol. The summed E-state index contributed by atoms with van der Waals surface area (Å²) < 4.78 is 10.3. The van der Waals surface area contributed by atoms with E-state index in [2.05, 4.69) is 0 Å². The van der Waals surface area contributed by atoms with Crippen LogP contribution in [0.15, 0.2) is 42.5 Å². The molecule has 124 valence electrons. The van der Waals surface area contributed by atoms with Gasteiger partial charge in [-0.25, -0.2) is 4.79 Å². The van der Waals surface area contributed by atoms with Crippen LogP contribution in [0.5, 0.6) is 11.5 Å². The Hall–Kier alpha value is -3.08. The van der Waals surface area contributed by atoms with Crippen molar-refractivity contribution in [3.8, 4) is 11.5 Å². The lowest BCUT2D eigenvalue weighted by Crippen LogP contribution is -2.03. The lowest BCUT2D eigenvalue weighted by Gasteiger charge is -2.09. The fraction of sp³-hybridized carbons (Fsp3) is 0.158. The molecule has 0 fully saturated rings. The molecular weight excluding hydrogens is 308 g/mol. The van der Waals surface area contributed by atoms with Gasteiger partial charge in [-0.3, -0.25) is 4.79 Å². The topological polar surface area (TPSA) is 72.8 Å². The highest BCUT2D eigenvalue weighted by Gasteiger charge is 2.08. The van der Waals surface area contributed by atoms with Gasteiger partial charge in [0.15, 0.2) is 11.5 Å². The van der Waals surface area contributed by atoms with E-state index in [-0.39, 0.29) is 5.56 Å². The van der Waals surface area contributed by atoms with Crippen LogP contribution >= 0.6 is 0 Å². The average Bonchev–Trinajstić information content (AvgIpc) is 2.55. The number of carbonyl (C=O) groups excluding carboxylic acids is 1. The maximum Gasteiger partial charge on any atom is 0.335 e. The summed E-state index contributed by atoms with van der Waals surface area (Å²) in [7, 11) is 1.51. The number of ether oxygens (including phenoxy) is 2. The highest BCUT2D eigenvalue weighted by atomic mass is 16.6. The second-order valence-corrected chi connectivity index (χ2v) is 5.21. The van der Waals surface area contributed by atoms with Gasteiger partial charge in [0.05, 0.1) is 12.7 Å². The number of aromatic carboxylic acids is 1. The molecule has 0 unspecified atom stereocenters. The van der Waals surface area contributed by atoms with Crippen LogP contribution in [0.25, 0.3) is 11.6 Å². The maximum absolute atomic E-state index is 11.1. The van der Waals surface area contributed by atoms with Crippen molar-refractivity contribution in [3.05, 3.63) is 59.2 Å². The summed E-state index contributed by atoms with van der Waals surface area (Å²) in [6.07, 6.45) is 1.94. The first-order valence-electron chi connectivity index (χ1n) is 7.29. The van der Waals surface area contributed by atoms with Crippen LogP contribution < -0.4 is 9.47 Å². The summed E-state index contributed by atoms with van der Waals surface area (Å²) in [6.45, 7) is 3.26. The summed E-state index contributed by atoms with van der Waals surface area (Å²) >= 11 is 0. The SMILES string of the molecule is COc1cc(/C=C(\C)c2ccc(C(=O)O)cc2)ccc1OC(C)=O. The molecule has 2 aromatic rings. The molecule has 0 heterocycles. The molecule has 0 saturated carbocycles. The third-order valence-corrected chi connectivity index (χ3v) is 3.41. The van der Waals surface area contributed by atoms with Crippen molar-refractivity contribution < 1.29 is 24.2 Å². The Bertz CT molecular complexity index is 788. The number of rotatable bonds is 5. The standard InChI is InChI=1S/C19H18O5/c1-12(15-5-7-16(8-6-15)19(21)22)10-14-4-9-17(24-13(2)20)18(11-14)23-3/h4-11H,1-3H3,(H,21,22)/b12-10+. The van der Waals surface area contributed by atoms with Crippen LogP contribution in [-0.4, -0.2) is 24.2 Å². The number of hydrogen-bond acceptors (Lipinski definition) is 4. The number of benzene rings is 2. The van der Waals surface area contributed by atoms with Crippen molar-refractivity contribution in [1.82, 2.24) is 0 Å². The van der Waals surface area contributed by atoms with E-state index in [0.717, 1.165) is 16.7 Å². The minimum atomic E-state index is -0.950. The Labute approximate surface area is 140 Å². The Kier molecular flexibility index (Phi) is 5.37. The van der Waals surface area contributed by atoms with Crippen molar-refractivity contribution in [2.24, 2.45) is 0 Å². The summed E-state index contributed by atoms with van der Waals surface area (Å²) in [6, 6.07) is 11.9. The summed E-state index contributed by atoms with van der Waals surface area (Å²) in [5.74, 6) is -0.529. The first-order chi connectivity index (χ1) is 11.4. The molecule has 0 bridgehead atoms. The van der Waals surface area contributed by atoms with Gasteiger partial charge in [0, 0.05) is 6.92 Å². The quantitative estimate of drug-likeness (QED) is 0.513. The van der Waals surface area contributed by atoms with E-state index in [1.807, 2.05) is 19.1 Å². The molecule has 0 amide bonds. The third-order valence-electron chi connectivity index (χ3n) is 3.41. The molecule has 0 aliphatic heterocycles. The number of carboxylic acid groups (broad SMARTS) is 1. The minimum Gasteiger partial charge on any atom is -0.493 e. The summed E-state index contributed by atoms with van der Waals surface area (Å²) in [5.41, 5.74) is 3.01. The summed E-state index contributed by atoms with van der Waals surface area (Å²) in [5, 5.41) is 8.93. The largest absolute Gasteiger partial charge is 0.493 e. The number of allylic oxidation sites excluding steroid dienone is 1. The van der Waals surface area contributed by atoms with Gasteiger partial charge in [-0.1, -0.05) is 24.3 Å². The minimum absolute atomic E-state index is 0.249. The molecule has 5 nitrogen and oxygen atoms in total. The number of carbonyl (C=O) groups is 2. The van der Waals surface area contributed by atoms with Crippen molar-refractivity contribution >= 4 is 23.6 Å². The molecule has 5 heteroatoms.